The molecule has 0 fully saturated rings. The molecule has 1 unspecified atom stereocenters. The summed E-state index contributed by atoms with van der Waals surface area (Å²) in [5.41, 5.74) is 0.832. The Kier molecular flexibility index (Phi) is 3.36. The molecule has 0 saturated carbocycles. The molecule has 74 valence electrons. The molecular weight excluding hydrogens is 196 g/mol. The van der Waals surface area contributed by atoms with Crippen LogP contribution in [0.5, 0.6) is 0 Å². The van der Waals surface area contributed by atoms with E-state index in [-0.39, 0.29) is 0 Å². The van der Waals surface area contributed by atoms with E-state index in [1.54, 1.807) is 6.92 Å². The fourth-order valence-corrected chi connectivity index (χ4v) is 1.28. The maximum Gasteiger partial charge on any atom is 0.331 e. The van der Waals surface area contributed by atoms with Crippen LogP contribution in [0.25, 0.3) is 0 Å². The van der Waals surface area contributed by atoms with Crippen LogP contribution in [0.2, 0.25) is 0 Å². The van der Waals surface area contributed by atoms with Crippen molar-refractivity contribution in [2.45, 2.75) is 11.9 Å². The highest BCUT2D eigenvalue weighted by atomic mass is 32.1. The van der Waals surface area contributed by atoms with E-state index in [1.165, 1.54) is 0 Å². The van der Waals surface area contributed by atoms with Crippen LogP contribution >= 0.6 is 12.6 Å². The van der Waals surface area contributed by atoms with Crippen molar-refractivity contribution in [2.75, 3.05) is 0 Å². The van der Waals surface area contributed by atoms with Crippen LogP contribution in [-0.2, 0) is 14.5 Å². The second-order valence-corrected chi connectivity index (χ2v) is 3.83. The number of carbonyl (C=O) groups excluding carboxylic acids is 1. The largest absolute Gasteiger partial charge is 0.441 e. The first-order valence-corrected chi connectivity index (χ1v) is 4.64. The van der Waals surface area contributed by atoms with Gasteiger partial charge in [-0.05, 0) is 6.92 Å². The number of hydrogen-bond acceptors (Lipinski definition) is 3. The predicted octanol–water partition coefficient (Wildman–Crippen LogP) is 2.52. The Morgan fingerprint density at radius 3 is 2.57 bits per heavy atom. The van der Waals surface area contributed by atoms with Crippen LogP contribution in [0, 0.1) is 0 Å². The van der Waals surface area contributed by atoms with Crippen molar-refractivity contribution in [3.8, 4) is 0 Å². The Hall–Kier alpha value is -1.22. The highest BCUT2D eigenvalue weighted by Gasteiger charge is 2.24. The Morgan fingerprint density at radius 2 is 2.07 bits per heavy atom. The van der Waals surface area contributed by atoms with Gasteiger partial charge in [0.2, 0.25) is 0 Å². The molecule has 0 aliphatic heterocycles. The first kappa shape index (κ1) is 10.9. The quantitative estimate of drug-likeness (QED) is 0.357. The van der Waals surface area contributed by atoms with Crippen molar-refractivity contribution in [2.24, 2.45) is 0 Å². The van der Waals surface area contributed by atoms with Gasteiger partial charge < -0.3 is 4.74 Å². The summed E-state index contributed by atoms with van der Waals surface area (Å²) in [5.74, 6) is -0.480. The van der Waals surface area contributed by atoms with Gasteiger partial charge in [0.15, 0.2) is 4.93 Å². The average molecular weight is 208 g/mol. The normalized spacial score (nSPS) is 14.1. The zero-order valence-corrected chi connectivity index (χ0v) is 8.83. The maximum atomic E-state index is 11.0. The molecule has 2 nitrogen and oxygen atoms in total. The molecule has 0 aliphatic carbocycles. The van der Waals surface area contributed by atoms with Crippen LogP contribution in [0.4, 0.5) is 0 Å². The summed E-state index contributed by atoms with van der Waals surface area (Å²) in [4.78, 5) is 10.1. The van der Waals surface area contributed by atoms with Crippen LogP contribution < -0.4 is 0 Å². The smallest absolute Gasteiger partial charge is 0.331 e. The van der Waals surface area contributed by atoms with Gasteiger partial charge in [0, 0.05) is 11.6 Å². The number of ether oxygens (including phenoxy) is 1. The van der Waals surface area contributed by atoms with E-state index in [2.05, 4.69) is 19.2 Å². The molecule has 0 amide bonds. The summed E-state index contributed by atoms with van der Waals surface area (Å²) in [6, 6.07) is 9.33. The molecule has 1 rings (SSSR count). The lowest BCUT2D eigenvalue weighted by Gasteiger charge is -2.23. The number of benzene rings is 1. The van der Waals surface area contributed by atoms with Gasteiger partial charge in [-0.2, -0.15) is 0 Å². The lowest BCUT2D eigenvalue weighted by molar-refractivity contribution is -0.144. The Bertz CT molecular complexity index is 330. The third kappa shape index (κ3) is 2.64. The molecule has 1 aromatic carbocycles. The van der Waals surface area contributed by atoms with E-state index < -0.39 is 10.9 Å². The van der Waals surface area contributed by atoms with E-state index >= 15 is 0 Å². The Balaban J connectivity index is 2.85. The number of esters is 1. The van der Waals surface area contributed by atoms with Gasteiger partial charge in [0.05, 0.1) is 0 Å². The third-order valence-corrected chi connectivity index (χ3v) is 2.12. The van der Waals surface area contributed by atoms with Crippen LogP contribution in [0.15, 0.2) is 43.0 Å². The predicted molar refractivity (Wildman–Crippen MR) is 59.1 cm³/mol. The summed E-state index contributed by atoms with van der Waals surface area (Å²) in [7, 11) is 0. The van der Waals surface area contributed by atoms with Crippen molar-refractivity contribution in [1.29, 1.82) is 0 Å². The third-order valence-electron chi connectivity index (χ3n) is 1.78. The van der Waals surface area contributed by atoms with E-state index in [0.717, 1.165) is 11.6 Å². The topological polar surface area (TPSA) is 26.3 Å². The molecule has 1 atom stereocenters. The van der Waals surface area contributed by atoms with Crippen molar-refractivity contribution < 1.29 is 9.53 Å². The molecule has 14 heavy (non-hydrogen) atoms. The minimum Gasteiger partial charge on any atom is -0.441 e. The minimum absolute atomic E-state index is 0.480. The second-order valence-electron chi connectivity index (χ2n) is 2.97. The van der Waals surface area contributed by atoms with Crippen LogP contribution in [0.1, 0.15) is 12.5 Å². The van der Waals surface area contributed by atoms with Crippen LogP contribution in [-0.4, -0.2) is 5.97 Å². The molecule has 0 spiro atoms. The Labute approximate surface area is 89.0 Å². The molecule has 0 aliphatic rings. The number of thiol groups is 1. The molecule has 0 heterocycles. The monoisotopic (exact) mass is 208 g/mol. The minimum atomic E-state index is -0.910. The van der Waals surface area contributed by atoms with Gasteiger partial charge in [-0.1, -0.05) is 36.9 Å². The summed E-state index contributed by atoms with van der Waals surface area (Å²) in [6.45, 7) is 5.05. The average Bonchev–Trinajstić information content (AvgIpc) is 2.18. The first-order valence-electron chi connectivity index (χ1n) is 4.19. The fourth-order valence-electron chi connectivity index (χ4n) is 1.04. The van der Waals surface area contributed by atoms with Crippen molar-refractivity contribution >= 4 is 18.6 Å². The van der Waals surface area contributed by atoms with Gasteiger partial charge in [-0.25, -0.2) is 4.79 Å². The van der Waals surface area contributed by atoms with Crippen LogP contribution in [0.3, 0.4) is 0 Å². The summed E-state index contributed by atoms with van der Waals surface area (Å²) >= 11 is 4.28. The maximum absolute atomic E-state index is 11.0. The molecule has 0 N–H and O–H groups in total. The summed E-state index contributed by atoms with van der Waals surface area (Å²) < 4.78 is 5.08. The van der Waals surface area contributed by atoms with Gasteiger partial charge in [0.1, 0.15) is 0 Å². The Morgan fingerprint density at radius 1 is 1.50 bits per heavy atom. The summed E-state index contributed by atoms with van der Waals surface area (Å²) in [6.07, 6.45) is 1.12. The van der Waals surface area contributed by atoms with Gasteiger partial charge in [-0.15, -0.1) is 12.6 Å². The highest BCUT2D eigenvalue weighted by Crippen LogP contribution is 2.29. The lowest BCUT2D eigenvalue weighted by Crippen LogP contribution is -2.21. The fraction of sp³-hybridized carbons (Fsp3) is 0.182. The van der Waals surface area contributed by atoms with E-state index in [4.69, 9.17) is 4.74 Å². The first-order chi connectivity index (χ1) is 6.56. The number of hydrogen-bond donors (Lipinski definition) is 1. The molecule has 0 aromatic heterocycles. The molecule has 0 saturated heterocycles. The zero-order valence-electron chi connectivity index (χ0n) is 7.93. The molecular formula is C11H12O2S. The van der Waals surface area contributed by atoms with E-state index in [1.807, 2.05) is 30.3 Å². The molecule has 0 bridgehead atoms. The standard InChI is InChI=1S/C11H12O2S/c1-3-10(12)13-11(2,14)9-7-5-4-6-8-9/h3-8,14H,1H2,2H3. The second kappa shape index (κ2) is 4.33. The molecule has 3 heteroatoms. The number of carbonyl (C=O) groups is 1. The van der Waals surface area contributed by atoms with Gasteiger partial charge in [-0.3, -0.25) is 0 Å². The number of rotatable bonds is 3. The lowest BCUT2D eigenvalue weighted by atomic mass is 10.1. The molecule has 0 radical (unpaired) electrons. The SMILES string of the molecule is C=CC(=O)OC(C)(S)c1ccccc1. The van der Waals surface area contributed by atoms with Crippen molar-refractivity contribution in [3.05, 3.63) is 48.6 Å². The highest BCUT2D eigenvalue weighted by molar-refractivity contribution is 7.81. The van der Waals surface area contributed by atoms with Gasteiger partial charge in [0.25, 0.3) is 0 Å². The summed E-state index contributed by atoms with van der Waals surface area (Å²) in [5, 5.41) is 0. The van der Waals surface area contributed by atoms with E-state index in [0.29, 0.717) is 0 Å². The van der Waals surface area contributed by atoms with Gasteiger partial charge >= 0.3 is 5.97 Å². The van der Waals surface area contributed by atoms with Crippen molar-refractivity contribution in [1.82, 2.24) is 0 Å². The molecule has 1 aromatic rings. The van der Waals surface area contributed by atoms with E-state index in [9.17, 15) is 4.79 Å². The van der Waals surface area contributed by atoms with Crippen molar-refractivity contribution in [3.63, 3.8) is 0 Å². The zero-order chi connectivity index (χ0) is 10.6.